The van der Waals surface area contributed by atoms with Crippen LogP contribution in [0.4, 0.5) is 5.82 Å². The van der Waals surface area contributed by atoms with Crippen LogP contribution in [-0.4, -0.2) is 38.3 Å². The molecule has 0 spiro atoms. The molecule has 0 aliphatic carbocycles. The van der Waals surface area contributed by atoms with Crippen LogP contribution in [0.3, 0.4) is 0 Å². The minimum Gasteiger partial charge on any atom is -0.360 e. The van der Waals surface area contributed by atoms with Crippen LogP contribution in [0.1, 0.15) is 37.3 Å². The first-order valence-corrected chi connectivity index (χ1v) is 8.56. The van der Waals surface area contributed by atoms with Gasteiger partial charge in [-0.2, -0.15) is 5.10 Å². The zero-order chi connectivity index (χ0) is 18.0. The molecule has 0 radical (unpaired) electrons. The van der Waals surface area contributed by atoms with Crippen LogP contribution >= 0.6 is 0 Å². The maximum absolute atomic E-state index is 12.4. The molecule has 25 heavy (non-hydrogen) atoms. The Kier molecular flexibility index (Phi) is 4.98. The summed E-state index contributed by atoms with van der Waals surface area (Å²) >= 11 is 0. The third kappa shape index (κ3) is 3.79. The average Bonchev–Trinajstić information content (AvgIpc) is 2.99. The van der Waals surface area contributed by atoms with Crippen molar-refractivity contribution in [1.82, 2.24) is 19.8 Å². The Hall–Kier alpha value is -2.48. The molecule has 2 aromatic rings. The minimum absolute atomic E-state index is 0.0855. The molecule has 0 bridgehead atoms. The Morgan fingerprint density at radius 2 is 2.24 bits per heavy atom. The predicted molar refractivity (Wildman–Crippen MR) is 92.2 cm³/mol. The van der Waals surface area contributed by atoms with Crippen LogP contribution in [-0.2, 0) is 24.3 Å². The van der Waals surface area contributed by atoms with Crippen LogP contribution in [0.5, 0.6) is 0 Å². The molecule has 0 fully saturated rings. The van der Waals surface area contributed by atoms with E-state index in [1.807, 2.05) is 18.7 Å². The van der Waals surface area contributed by atoms with Gasteiger partial charge in [0.2, 0.25) is 5.91 Å². The first-order chi connectivity index (χ1) is 12.0. The first-order valence-electron chi connectivity index (χ1n) is 8.56. The minimum atomic E-state index is -0.344. The molecule has 0 aromatic carbocycles. The van der Waals surface area contributed by atoms with Gasteiger partial charge in [-0.3, -0.25) is 14.5 Å². The molecule has 0 saturated carbocycles. The zero-order valence-corrected chi connectivity index (χ0v) is 14.8. The molecule has 3 heterocycles. The second-order valence-corrected chi connectivity index (χ2v) is 6.39. The summed E-state index contributed by atoms with van der Waals surface area (Å²) in [6.45, 7) is 7.52. The maximum atomic E-state index is 12.4. The summed E-state index contributed by atoms with van der Waals surface area (Å²) in [6, 6.07) is 2.98. The van der Waals surface area contributed by atoms with Gasteiger partial charge in [0.05, 0.1) is 11.7 Å². The molecular formula is C17H23N5O3. The number of aryl methyl sites for hydroxylation is 2. The fourth-order valence-corrected chi connectivity index (χ4v) is 2.99. The molecule has 3 rings (SSSR count). The second-order valence-electron chi connectivity index (χ2n) is 6.39. The number of fused-ring (bicyclic) bond motifs is 1. The van der Waals surface area contributed by atoms with Gasteiger partial charge in [0.1, 0.15) is 5.76 Å². The summed E-state index contributed by atoms with van der Waals surface area (Å²) < 4.78 is 6.48. The Bertz CT molecular complexity index is 826. The second kappa shape index (κ2) is 7.18. The number of amides is 1. The van der Waals surface area contributed by atoms with E-state index >= 15 is 0 Å². The highest BCUT2D eigenvalue weighted by Crippen LogP contribution is 2.18. The zero-order valence-electron chi connectivity index (χ0n) is 14.8. The predicted octanol–water partition coefficient (Wildman–Crippen LogP) is 1.34. The highest BCUT2D eigenvalue weighted by Gasteiger charge is 2.27. The third-order valence-corrected chi connectivity index (χ3v) is 4.42. The Morgan fingerprint density at radius 1 is 1.44 bits per heavy atom. The molecule has 1 aliphatic heterocycles. The molecule has 1 amide bonds. The van der Waals surface area contributed by atoms with E-state index in [9.17, 15) is 9.59 Å². The SMILES string of the molecule is CCCn1nc2c(cc1=O)CN(C(C)C(=O)Nc1cc(C)on1)CC2. The molecule has 1 N–H and O–H groups in total. The van der Waals surface area contributed by atoms with Crippen molar-refractivity contribution in [2.75, 3.05) is 11.9 Å². The number of carbonyl (C=O) groups is 1. The van der Waals surface area contributed by atoms with E-state index in [1.165, 1.54) is 4.68 Å². The van der Waals surface area contributed by atoms with E-state index in [1.54, 1.807) is 19.1 Å². The van der Waals surface area contributed by atoms with Gasteiger partial charge in [0.25, 0.3) is 5.56 Å². The third-order valence-electron chi connectivity index (χ3n) is 4.42. The van der Waals surface area contributed by atoms with Crippen molar-refractivity contribution in [3.8, 4) is 0 Å². The van der Waals surface area contributed by atoms with Crippen molar-refractivity contribution in [1.29, 1.82) is 0 Å². The molecule has 8 nitrogen and oxygen atoms in total. The van der Waals surface area contributed by atoms with Gasteiger partial charge in [-0.05, 0) is 25.8 Å². The van der Waals surface area contributed by atoms with E-state index in [4.69, 9.17) is 4.52 Å². The van der Waals surface area contributed by atoms with Gasteiger partial charge in [-0.1, -0.05) is 12.1 Å². The van der Waals surface area contributed by atoms with Gasteiger partial charge in [0, 0.05) is 38.2 Å². The monoisotopic (exact) mass is 345 g/mol. The van der Waals surface area contributed by atoms with Gasteiger partial charge in [0.15, 0.2) is 5.82 Å². The molecule has 8 heteroatoms. The van der Waals surface area contributed by atoms with Crippen LogP contribution in [0.15, 0.2) is 21.5 Å². The van der Waals surface area contributed by atoms with Crippen molar-refractivity contribution < 1.29 is 9.32 Å². The largest absolute Gasteiger partial charge is 0.360 e. The van der Waals surface area contributed by atoms with Crippen LogP contribution in [0.25, 0.3) is 0 Å². The lowest BCUT2D eigenvalue weighted by molar-refractivity contribution is -0.121. The Labute approximate surface area is 145 Å². The summed E-state index contributed by atoms with van der Waals surface area (Å²) in [7, 11) is 0. The van der Waals surface area contributed by atoms with Crippen molar-refractivity contribution >= 4 is 11.7 Å². The lowest BCUT2D eigenvalue weighted by Crippen LogP contribution is -2.45. The fourth-order valence-electron chi connectivity index (χ4n) is 2.99. The summed E-state index contributed by atoms with van der Waals surface area (Å²) in [5.41, 5.74) is 1.77. The van der Waals surface area contributed by atoms with E-state index in [0.29, 0.717) is 24.7 Å². The summed E-state index contributed by atoms with van der Waals surface area (Å²) in [6.07, 6.45) is 1.59. The molecule has 1 unspecified atom stereocenters. The van der Waals surface area contributed by atoms with Crippen molar-refractivity contribution in [3.63, 3.8) is 0 Å². The number of nitrogens with zero attached hydrogens (tertiary/aromatic N) is 4. The Balaban J connectivity index is 1.70. The number of aromatic nitrogens is 3. The first kappa shape index (κ1) is 17.3. The quantitative estimate of drug-likeness (QED) is 0.879. The molecule has 1 atom stereocenters. The van der Waals surface area contributed by atoms with Crippen molar-refractivity contribution in [3.05, 3.63) is 39.5 Å². The van der Waals surface area contributed by atoms with Crippen LogP contribution in [0, 0.1) is 6.92 Å². The number of hydrogen-bond acceptors (Lipinski definition) is 6. The molecule has 134 valence electrons. The number of anilines is 1. The molecule has 1 aliphatic rings. The maximum Gasteiger partial charge on any atom is 0.267 e. The Morgan fingerprint density at radius 3 is 2.92 bits per heavy atom. The van der Waals surface area contributed by atoms with Crippen molar-refractivity contribution in [2.45, 2.75) is 52.7 Å². The van der Waals surface area contributed by atoms with E-state index < -0.39 is 0 Å². The van der Waals surface area contributed by atoms with E-state index in [-0.39, 0.29) is 17.5 Å². The van der Waals surface area contributed by atoms with Gasteiger partial charge < -0.3 is 9.84 Å². The number of rotatable bonds is 5. The van der Waals surface area contributed by atoms with Gasteiger partial charge >= 0.3 is 0 Å². The summed E-state index contributed by atoms with van der Waals surface area (Å²) in [5.74, 6) is 0.907. The lowest BCUT2D eigenvalue weighted by Gasteiger charge is -2.32. The highest BCUT2D eigenvalue weighted by molar-refractivity contribution is 5.93. The smallest absolute Gasteiger partial charge is 0.267 e. The van der Waals surface area contributed by atoms with Crippen LogP contribution < -0.4 is 10.9 Å². The van der Waals surface area contributed by atoms with Crippen molar-refractivity contribution in [2.24, 2.45) is 0 Å². The van der Waals surface area contributed by atoms with E-state index in [0.717, 1.165) is 30.6 Å². The average molecular weight is 345 g/mol. The van der Waals surface area contributed by atoms with Gasteiger partial charge in [-0.15, -0.1) is 0 Å². The van der Waals surface area contributed by atoms with Crippen LogP contribution in [0.2, 0.25) is 0 Å². The normalized spacial score (nSPS) is 15.6. The lowest BCUT2D eigenvalue weighted by atomic mass is 10.0. The summed E-state index contributed by atoms with van der Waals surface area (Å²) in [4.78, 5) is 26.6. The number of hydrogen-bond donors (Lipinski definition) is 1. The summed E-state index contributed by atoms with van der Waals surface area (Å²) in [5, 5.41) is 11.0. The molecule has 2 aromatic heterocycles. The van der Waals surface area contributed by atoms with E-state index in [2.05, 4.69) is 15.6 Å². The van der Waals surface area contributed by atoms with Gasteiger partial charge in [-0.25, -0.2) is 4.68 Å². The molecular weight excluding hydrogens is 322 g/mol. The number of nitrogens with one attached hydrogen (secondary N) is 1. The number of carbonyl (C=O) groups excluding carboxylic acids is 1. The topological polar surface area (TPSA) is 93.3 Å². The highest BCUT2D eigenvalue weighted by atomic mass is 16.5. The fraction of sp³-hybridized carbons (Fsp3) is 0.529. The standard InChI is InChI=1S/C17H23N5O3/c1-4-6-22-16(23)9-13-10-21(7-5-14(13)19-22)12(3)17(24)18-15-8-11(2)25-20-15/h8-9,12H,4-7,10H2,1-3H3,(H,18,20,24). The molecule has 0 saturated heterocycles.